The van der Waals surface area contributed by atoms with Gasteiger partial charge in [-0.15, -0.1) is 0 Å². The molecule has 1 aliphatic carbocycles. The minimum Gasteiger partial charge on any atom is -0.376 e. The Hall–Kier alpha value is -1.34. The zero-order valence-corrected chi connectivity index (χ0v) is 8.80. The van der Waals surface area contributed by atoms with Crippen molar-refractivity contribution in [1.29, 1.82) is 0 Å². The van der Waals surface area contributed by atoms with Crippen molar-refractivity contribution in [3.05, 3.63) is 60.2 Å². The zero-order valence-electron chi connectivity index (χ0n) is 8.80. The van der Waals surface area contributed by atoms with Crippen molar-refractivity contribution in [2.24, 2.45) is 5.92 Å². The van der Waals surface area contributed by atoms with Crippen LogP contribution in [0.5, 0.6) is 0 Å². The average Bonchev–Trinajstić information content (AvgIpc) is 2.32. The molecule has 0 aliphatic heterocycles. The van der Waals surface area contributed by atoms with Crippen LogP contribution >= 0.6 is 0 Å². The van der Waals surface area contributed by atoms with Gasteiger partial charge in [-0.1, -0.05) is 54.6 Å². The first kappa shape index (κ1) is 10.2. The molecule has 2 rings (SSSR count). The Kier molecular flexibility index (Phi) is 3.75. The van der Waals surface area contributed by atoms with E-state index in [1.807, 2.05) is 18.2 Å². The molecule has 1 aromatic rings. The van der Waals surface area contributed by atoms with Gasteiger partial charge in [-0.3, -0.25) is 0 Å². The SMILES string of the molecule is C1=CC[C@H](COCc2ccccc2)C=C1. The molecule has 1 heteroatoms. The second kappa shape index (κ2) is 5.52. The first-order valence-electron chi connectivity index (χ1n) is 5.40. The Labute approximate surface area is 91.1 Å². The number of allylic oxidation sites excluding steroid dienone is 3. The molecular formula is C14H16O. The molecular weight excluding hydrogens is 184 g/mol. The number of hydrogen-bond acceptors (Lipinski definition) is 1. The van der Waals surface area contributed by atoms with E-state index >= 15 is 0 Å². The number of ether oxygens (including phenoxy) is 1. The lowest BCUT2D eigenvalue weighted by molar-refractivity contribution is 0.0999. The van der Waals surface area contributed by atoms with Crippen LogP contribution in [0.4, 0.5) is 0 Å². The molecule has 0 aromatic heterocycles. The van der Waals surface area contributed by atoms with E-state index in [0.717, 1.165) is 19.6 Å². The van der Waals surface area contributed by atoms with Crippen LogP contribution in [-0.4, -0.2) is 6.61 Å². The van der Waals surface area contributed by atoms with E-state index in [-0.39, 0.29) is 0 Å². The first-order valence-corrected chi connectivity index (χ1v) is 5.40. The van der Waals surface area contributed by atoms with Gasteiger partial charge >= 0.3 is 0 Å². The fourth-order valence-corrected chi connectivity index (χ4v) is 1.66. The Morgan fingerprint density at radius 3 is 2.73 bits per heavy atom. The van der Waals surface area contributed by atoms with Crippen molar-refractivity contribution in [3.63, 3.8) is 0 Å². The molecule has 0 fully saturated rings. The summed E-state index contributed by atoms with van der Waals surface area (Å²) in [6, 6.07) is 10.3. The number of rotatable bonds is 4. The highest BCUT2D eigenvalue weighted by molar-refractivity contribution is 5.13. The zero-order chi connectivity index (χ0) is 10.3. The Morgan fingerprint density at radius 1 is 1.13 bits per heavy atom. The van der Waals surface area contributed by atoms with Crippen molar-refractivity contribution >= 4 is 0 Å². The van der Waals surface area contributed by atoms with Gasteiger partial charge < -0.3 is 4.74 Å². The van der Waals surface area contributed by atoms with Crippen LogP contribution in [-0.2, 0) is 11.3 Å². The quantitative estimate of drug-likeness (QED) is 0.724. The fraction of sp³-hybridized carbons (Fsp3) is 0.286. The summed E-state index contributed by atoms with van der Waals surface area (Å²) in [4.78, 5) is 0. The molecule has 0 N–H and O–H groups in total. The Bertz CT molecular complexity index is 338. The minimum absolute atomic E-state index is 0.554. The summed E-state index contributed by atoms with van der Waals surface area (Å²) >= 11 is 0. The topological polar surface area (TPSA) is 9.23 Å². The van der Waals surface area contributed by atoms with Crippen LogP contribution in [0.15, 0.2) is 54.6 Å². The van der Waals surface area contributed by atoms with E-state index in [1.54, 1.807) is 0 Å². The highest BCUT2D eigenvalue weighted by Crippen LogP contribution is 2.12. The van der Waals surface area contributed by atoms with E-state index in [4.69, 9.17) is 4.74 Å². The van der Waals surface area contributed by atoms with Gasteiger partial charge in [0.25, 0.3) is 0 Å². The van der Waals surface area contributed by atoms with E-state index in [9.17, 15) is 0 Å². The number of benzene rings is 1. The maximum Gasteiger partial charge on any atom is 0.0717 e. The summed E-state index contributed by atoms with van der Waals surface area (Å²) in [5.74, 6) is 0.554. The van der Waals surface area contributed by atoms with Crippen LogP contribution in [0.25, 0.3) is 0 Å². The minimum atomic E-state index is 0.554. The highest BCUT2D eigenvalue weighted by Gasteiger charge is 2.04. The van der Waals surface area contributed by atoms with E-state index in [2.05, 4.69) is 36.4 Å². The summed E-state index contributed by atoms with van der Waals surface area (Å²) < 4.78 is 5.67. The monoisotopic (exact) mass is 200 g/mol. The van der Waals surface area contributed by atoms with E-state index < -0.39 is 0 Å². The van der Waals surface area contributed by atoms with Crippen LogP contribution in [0, 0.1) is 5.92 Å². The van der Waals surface area contributed by atoms with Gasteiger partial charge in [0.2, 0.25) is 0 Å². The first-order chi connectivity index (χ1) is 7.45. The van der Waals surface area contributed by atoms with E-state index in [0.29, 0.717) is 5.92 Å². The molecule has 0 amide bonds. The van der Waals surface area contributed by atoms with Gasteiger partial charge in [0.15, 0.2) is 0 Å². The predicted octanol–water partition coefficient (Wildman–Crippen LogP) is 3.34. The van der Waals surface area contributed by atoms with Gasteiger partial charge in [0.1, 0.15) is 0 Å². The number of hydrogen-bond donors (Lipinski definition) is 0. The lowest BCUT2D eigenvalue weighted by Gasteiger charge is -2.13. The summed E-state index contributed by atoms with van der Waals surface area (Å²) in [5, 5.41) is 0. The highest BCUT2D eigenvalue weighted by atomic mass is 16.5. The molecule has 1 aliphatic rings. The van der Waals surface area contributed by atoms with Crippen LogP contribution in [0.2, 0.25) is 0 Å². The van der Waals surface area contributed by atoms with Crippen molar-refractivity contribution in [3.8, 4) is 0 Å². The Balaban J connectivity index is 1.71. The molecule has 0 saturated heterocycles. The molecule has 0 heterocycles. The summed E-state index contributed by atoms with van der Waals surface area (Å²) in [6.07, 6.45) is 9.70. The molecule has 1 atom stereocenters. The molecule has 0 radical (unpaired) electrons. The van der Waals surface area contributed by atoms with Gasteiger partial charge in [-0.25, -0.2) is 0 Å². The molecule has 78 valence electrons. The maximum atomic E-state index is 5.67. The van der Waals surface area contributed by atoms with Crippen molar-refractivity contribution in [2.45, 2.75) is 13.0 Å². The van der Waals surface area contributed by atoms with Crippen molar-refractivity contribution in [1.82, 2.24) is 0 Å². The van der Waals surface area contributed by atoms with Gasteiger partial charge in [-0.05, 0) is 12.0 Å². The molecule has 1 nitrogen and oxygen atoms in total. The molecule has 0 saturated carbocycles. The summed E-state index contributed by atoms with van der Waals surface area (Å²) in [7, 11) is 0. The largest absolute Gasteiger partial charge is 0.376 e. The van der Waals surface area contributed by atoms with Crippen LogP contribution in [0.3, 0.4) is 0 Å². The molecule has 15 heavy (non-hydrogen) atoms. The van der Waals surface area contributed by atoms with E-state index in [1.165, 1.54) is 5.56 Å². The van der Waals surface area contributed by atoms with Gasteiger partial charge in [0.05, 0.1) is 13.2 Å². The molecule has 0 unspecified atom stereocenters. The van der Waals surface area contributed by atoms with Crippen molar-refractivity contribution in [2.75, 3.05) is 6.61 Å². The third kappa shape index (κ3) is 3.37. The fourth-order valence-electron chi connectivity index (χ4n) is 1.66. The molecule has 1 aromatic carbocycles. The molecule has 0 spiro atoms. The van der Waals surface area contributed by atoms with Crippen molar-refractivity contribution < 1.29 is 4.74 Å². The third-order valence-corrected chi connectivity index (χ3v) is 2.51. The third-order valence-electron chi connectivity index (χ3n) is 2.51. The Morgan fingerprint density at radius 2 is 2.00 bits per heavy atom. The smallest absolute Gasteiger partial charge is 0.0717 e. The predicted molar refractivity (Wildman–Crippen MR) is 62.5 cm³/mol. The lowest BCUT2D eigenvalue weighted by Crippen LogP contribution is -2.07. The van der Waals surface area contributed by atoms with Crippen LogP contribution < -0.4 is 0 Å². The second-order valence-electron chi connectivity index (χ2n) is 3.81. The lowest BCUT2D eigenvalue weighted by atomic mass is 10.0. The van der Waals surface area contributed by atoms with Gasteiger partial charge in [0, 0.05) is 5.92 Å². The summed E-state index contributed by atoms with van der Waals surface area (Å²) in [6.45, 7) is 1.53. The average molecular weight is 200 g/mol. The maximum absolute atomic E-state index is 5.67. The standard InChI is InChI=1S/C14H16O/c1-3-7-13(8-4-1)11-15-12-14-9-5-2-6-10-14/h1-9,14H,10-12H2/t14-/m1/s1. The second-order valence-corrected chi connectivity index (χ2v) is 3.81. The normalized spacial score (nSPS) is 19.3. The summed E-state index contributed by atoms with van der Waals surface area (Å²) in [5.41, 5.74) is 1.24. The molecule has 0 bridgehead atoms. The van der Waals surface area contributed by atoms with Gasteiger partial charge in [-0.2, -0.15) is 0 Å². The van der Waals surface area contributed by atoms with Crippen LogP contribution in [0.1, 0.15) is 12.0 Å².